The second-order valence-electron chi connectivity index (χ2n) is 2.30. The van der Waals surface area contributed by atoms with Crippen molar-refractivity contribution in [1.82, 2.24) is 0 Å². The van der Waals surface area contributed by atoms with Gasteiger partial charge < -0.3 is 20.4 Å². The van der Waals surface area contributed by atoms with Crippen molar-refractivity contribution in [3.8, 4) is 0 Å². The predicted octanol–water partition coefficient (Wildman–Crippen LogP) is -2.35. The molecule has 11 heavy (non-hydrogen) atoms. The molecule has 3 atom stereocenters. The van der Waals surface area contributed by atoms with Crippen LogP contribution >= 0.6 is 0 Å². The number of carbonyl (C=O) groups is 1. The van der Waals surface area contributed by atoms with E-state index in [1.165, 1.54) is 6.92 Å². The Morgan fingerprint density at radius 2 is 1.82 bits per heavy atom. The van der Waals surface area contributed by atoms with Crippen molar-refractivity contribution in [2.45, 2.75) is 25.2 Å². The molecule has 0 fully saturated rings. The highest BCUT2D eigenvalue weighted by atomic mass is 16.4. The van der Waals surface area contributed by atoms with E-state index in [4.69, 9.17) is 20.4 Å². The standard InChI is InChI=1S/C6H12O5/c1-3(8)5(10)6(11)4(9)2-7/h3,5-8,10-11H,2H2,1H3/t3-,5-,6-/m1/s1. The zero-order chi connectivity index (χ0) is 9.02. The third-order valence-corrected chi connectivity index (χ3v) is 1.30. The summed E-state index contributed by atoms with van der Waals surface area (Å²) in [6.45, 7) is 0.392. The average Bonchev–Trinajstić information content (AvgIpc) is 2.00. The van der Waals surface area contributed by atoms with E-state index in [9.17, 15) is 4.79 Å². The van der Waals surface area contributed by atoms with Crippen LogP contribution in [0, 0.1) is 0 Å². The predicted molar refractivity (Wildman–Crippen MR) is 35.8 cm³/mol. The molecule has 0 aliphatic carbocycles. The van der Waals surface area contributed by atoms with Gasteiger partial charge >= 0.3 is 0 Å². The van der Waals surface area contributed by atoms with Crippen molar-refractivity contribution >= 4 is 5.78 Å². The average molecular weight is 164 g/mol. The van der Waals surface area contributed by atoms with Crippen molar-refractivity contribution in [2.75, 3.05) is 6.61 Å². The monoisotopic (exact) mass is 164 g/mol. The summed E-state index contributed by atoms with van der Waals surface area (Å²) < 4.78 is 0. The molecule has 0 saturated heterocycles. The third kappa shape index (κ3) is 2.94. The lowest BCUT2D eigenvalue weighted by molar-refractivity contribution is -0.140. The van der Waals surface area contributed by atoms with Gasteiger partial charge in [0.25, 0.3) is 0 Å². The van der Waals surface area contributed by atoms with Crippen molar-refractivity contribution < 1.29 is 25.2 Å². The Kier molecular flexibility index (Phi) is 4.20. The number of aliphatic hydroxyl groups is 4. The van der Waals surface area contributed by atoms with Crippen LogP contribution in [0.3, 0.4) is 0 Å². The number of ketones is 1. The van der Waals surface area contributed by atoms with Crippen LogP contribution in [-0.2, 0) is 4.79 Å². The maximum Gasteiger partial charge on any atom is 0.189 e. The smallest absolute Gasteiger partial charge is 0.189 e. The molecule has 0 spiro atoms. The summed E-state index contributed by atoms with van der Waals surface area (Å²) in [6, 6.07) is 0. The van der Waals surface area contributed by atoms with Crippen LogP contribution in [0.25, 0.3) is 0 Å². The fourth-order valence-corrected chi connectivity index (χ4v) is 0.548. The number of aliphatic hydroxyl groups excluding tert-OH is 4. The van der Waals surface area contributed by atoms with Crippen molar-refractivity contribution in [1.29, 1.82) is 0 Å². The largest absolute Gasteiger partial charge is 0.391 e. The molecule has 5 nitrogen and oxygen atoms in total. The first-order valence-electron chi connectivity index (χ1n) is 3.18. The third-order valence-electron chi connectivity index (χ3n) is 1.30. The molecule has 0 bridgehead atoms. The number of Topliss-reactive ketones (excluding diaryl/α,β-unsaturated/α-hetero) is 1. The van der Waals surface area contributed by atoms with Gasteiger partial charge in [0.2, 0.25) is 0 Å². The van der Waals surface area contributed by atoms with E-state index in [2.05, 4.69) is 0 Å². The molecule has 0 heterocycles. The van der Waals surface area contributed by atoms with Gasteiger partial charge in [-0.05, 0) is 6.92 Å². The van der Waals surface area contributed by atoms with E-state index in [1.54, 1.807) is 0 Å². The highest BCUT2D eigenvalue weighted by Gasteiger charge is 2.26. The minimum Gasteiger partial charge on any atom is -0.391 e. The number of rotatable bonds is 4. The summed E-state index contributed by atoms with van der Waals surface area (Å²) in [4.78, 5) is 10.5. The Labute approximate surface area is 63.9 Å². The van der Waals surface area contributed by atoms with Gasteiger partial charge in [-0.1, -0.05) is 0 Å². The van der Waals surface area contributed by atoms with Gasteiger partial charge in [-0.3, -0.25) is 4.79 Å². The molecule has 0 radical (unpaired) electrons. The van der Waals surface area contributed by atoms with Gasteiger partial charge in [0.1, 0.15) is 18.8 Å². The minimum atomic E-state index is -1.71. The quantitative estimate of drug-likeness (QED) is 0.373. The molecule has 4 N–H and O–H groups in total. The highest BCUT2D eigenvalue weighted by Crippen LogP contribution is 2.00. The summed E-state index contributed by atoms with van der Waals surface area (Å²) in [7, 11) is 0. The summed E-state index contributed by atoms with van der Waals surface area (Å²) in [5.74, 6) is -0.904. The van der Waals surface area contributed by atoms with E-state index in [1.807, 2.05) is 0 Å². The van der Waals surface area contributed by atoms with Gasteiger partial charge in [-0.15, -0.1) is 0 Å². The normalized spacial score (nSPS) is 19.0. The molecule has 0 aliphatic heterocycles. The van der Waals surface area contributed by atoms with E-state index < -0.39 is 30.7 Å². The SMILES string of the molecule is C[C@@H](O)[C@@H](O)[C@H](O)C(=O)CO. The first-order valence-corrected chi connectivity index (χ1v) is 3.18. The van der Waals surface area contributed by atoms with Gasteiger partial charge in [0.05, 0.1) is 6.10 Å². The maximum atomic E-state index is 10.5. The first-order chi connectivity index (χ1) is 5.00. The van der Waals surface area contributed by atoms with Crippen LogP contribution in [0.5, 0.6) is 0 Å². The molecule has 0 aromatic rings. The highest BCUT2D eigenvalue weighted by molar-refractivity contribution is 5.84. The van der Waals surface area contributed by atoms with Crippen LogP contribution in [0.15, 0.2) is 0 Å². The van der Waals surface area contributed by atoms with Gasteiger partial charge in [-0.25, -0.2) is 0 Å². The molecular formula is C6H12O5. The Morgan fingerprint density at radius 1 is 1.36 bits per heavy atom. The van der Waals surface area contributed by atoms with Gasteiger partial charge in [0, 0.05) is 0 Å². The van der Waals surface area contributed by atoms with Gasteiger partial charge in [0.15, 0.2) is 5.78 Å². The van der Waals surface area contributed by atoms with Crippen molar-refractivity contribution in [3.63, 3.8) is 0 Å². The van der Waals surface area contributed by atoms with E-state index in [0.29, 0.717) is 0 Å². The molecule has 0 aromatic heterocycles. The lowest BCUT2D eigenvalue weighted by Crippen LogP contribution is -2.42. The molecule has 0 aliphatic rings. The second-order valence-corrected chi connectivity index (χ2v) is 2.30. The minimum absolute atomic E-state index is 0.842. The number of carbonyl (C=O) groups excluding carboxylic acids is 1. The van der Waals surface area contributed by atoms with Crippen LogP contribution in [0.2, 0.25) is 0 Å². The Morgan fingerprint density at radius 3 is 2.09 bits per heavy atom. The molecule has 0 amide bonds. The maximum absolute atomic E-state index is 10.5. The van der Waals surface area contributed by atoms with E-state index in [0.717, 1.165) is 0 Å². The molecule has 0 aromatic carbocycles. The molecule has 0 unspecified atom stereocenters. The van der Waals surface area contributed by atoms with Crippen LogP contribution in [0.4, 0.5) is 0 Å². The summed E-state index contributed by atoms with van der Waals surface area (Å²) in [5.41, 5.74) is 0. The summed E-state index contributed by atoms with van der Waals surface area (Å²) in [6.07, 6.45) is -4.44. The fourth-order valence-electron chi connectivity index (χ4n) is 0.548. The first kappa shape index (κ1) is 10.5. The van der Waals surface area contributed by atoms with Crippen molar-refractivity contribution in [3.05, 3.63) is 0 Å². The second kappa shape index (κ2) is 4.40. The number of hydrogen-bond acceptors (Lipinski definition) is 5. The van der Waals surface area contributed by atoms with E-state index >= 15 is 0 Å². The lowest BCUT2D eigenvalue weighted by Gasteiger charge is -2.17. The topological polar surface area (TPSA) is 98.0 Å². The van der Waals surface area contributed by atoms with Crippen LogP contribution in [0.1, 0.15) is 6.92 Å². The van der Waals surface area contributed by atoms with Crippen LogP contribution < -0.4 is 0 Å². The molecule has 0 rings (SSSR count). The van der Waals surface area contributed by atoms with E-state index in [-0.39, 0.29) is 0 Å². The van der Waals surface area contributed by atoms with Crippen LogP contribution in [-0.4, -0.2) is 51.1 Å². The molecule has 5 heteroatoms. The van der Waals surface area contributed by atoms with Crippen molar-refractivity contribution in [2.24, 2.45) is 0 Å². The zero-order valence-corrected chi connectivity index (χ0v) is 6.14. The number of hydrogen-bond donors (Lipinski definition) is 4. The molecular weight excluding hydrogens is 152 g/mol. The Balaban J connectivity index is 4.01. The fraction of sp³-hybridized carbons (Fsp3) is 0.833. The molecule has 66 valence electrons. The molecule has 0 saturated carbocycles. The summed E-state index contributed by atoms with van der Waals surface area (Å²) >= 11 is 0. The van der Waals surface area contributed by atoms with Gasteiger partial charge in [-0.2, -0.15) is 0 Å². The summed E-state index contributed by atoms with van der Waals surface area (Å²) in [5, 5.41) is 34.6. The Hall–Kier alpha value is -0.490. The lowest BCUT2D eigenvalue weighted by atomic mass is 10.1. The zero-order valence-electron chi connectivity index (χ0n) is 6.14. The Bertz CT molecular complexity index is 133.